The fourth-order valence-corrected chi connectivity index (χ4v) is 3.91. The maximum absolute atomic E-state index is 10.9. The Morgan fingerprint density at radius 1 is 1.08 bits per heavy atom. The summed E-state index contributed by atoms with van der Waals surface area (Å²) in [5.74, 6) is 1.56. The zero-order valence-electron chi connectivity index (χ0n) is 14.2. The third kappa shape index (κ3) is 3.17. The van der Waals surface area contributed by atoms with Crippen LogP contribution in [-0.4, -0.2) is 24.7 Å². The van der Waals surface area contributed by atoms with Crippen molar-refractivity contribution in [3.05, 3.63) is 57.1 Å². The minimum absolute atomic E-state index is 0.00470. The summed E-state index contributed by atoms with van der Waals surface area (Å²) in [6.45, 7) is 2.18. The van der Waals surface area contributed by atoms with Crippen LogP contribution in [0.4, 0.5) is 11.4 Å². The van der Waals surface area contributed by atoms with E-state index in [9.17, 15) is 10.1 Å². The Hall–Kier alpha value is -2.47. The van der Waals surface area contributed by atoms with Gasteiger partial charge in [-0.1, -0.05) is 17.7 Å². The van der Waals surface area contributed by atoms with E-state index in [0.717, 1.165) is 48.6 Å². The summed E-state index contributed by atoms with van der Waals surface area (Å²) in [7, 11) is 0. The average Bonchev–Trinajstić information content (AvgIpc) is 2.99. The van der Waals surface area contributed by atoms with Crippen LogP contribution in [0.3, 0.4) is 0 Å². The fraction of sp³-hybridized carbons (Fsp3) is 0.368. The third-order valence-electron chi connectivity index (χ3n) is 4.86. The molecule has 2 aromatic carbocycles. The molecule has 7 heteroatoms. The molecule has 26 heavy (non-hydrogen) atoms. The van der Waals surface area contributed by atoms with Crippen LogP contribution in [0, 0.1) is 10.1 Å². The van der Waals surface area contributed by atoms with Crippen LogP contribution in [0.25, 0.3) is 0 Å². The van der Waals surface area contributed by atoms with Gasteiger partial charge in [0.1, 0.15) is 0 Å². The van der Waals surface area contributed by atoms with E-state index in [1.165, 1.54) is 12.1 Å². The second-order valence-corrected chi connectivity index (χ2v) is 6.91. The predicted molar refractivity (Wildman–Crippen MR) is 99.5 cm³/mol. The molecule has 0 aromatic heterocycles. The van der Waals surface area contributed by atoms with Gasteiger partial charge in [0.05, 0.1) is 34.9 Å². The van der Waals surface area contributed by atoms with Crippen LogP contribution >= 0.6 is 11.6 Å². The first-order valence-corrected chi connectivity index (χ1v) is 9.11. The zero-order chi connectivity index (χ0) is 18.1. The predicted octanol–water partition coefficient (Wildman–Crippen LogP) is 4.75. The van der Waals surface area contributed by atoms with Gasteiger partial charge in [-0.3, -0.25) is 10.1 Å². The van der Waals surface area contributed by atoms with Crippen LogP contribution in [0.15, 0.2) is 36.4 Å². The minimum Gasteiger partial charge on any atom is -0.490 e. The fourth-order valence-electron chi connectivity index (χ4n) is 3.63. The molecule has 0 spiro atoms. The van der Waals surface area contributed by atoms with Crippen molar-refractivity contribution in [1.29, 1.82) is 0 Å². The van der Waals surface area contributed by atoms with Gasteiger partial charge in [0.15, 0.2) is 11.5 Å². The Balaban J connectivity index is 1.65. The summed E-state index contributed by atoms with van der Waals surface area (Å²) in [6.07, 6.45) is 2.90. The number of halogens is 1. The topological polar surface area (TPSA) is 64.8 Å². The summed E-state index contributed by atoms with van der Waals surface area (Å²) in [5, 5.41) is 11.3. The van der Waals surface area contributed by atoms with Crippen LogP contribution in [0.5, 0.6) is 11.5 Å². The Bertz CT molecular complexity index is 842. The molecule has 0 saturated carbocycles. The summed E-state index contributed by atoms with van der Waals surface area (Å²) >= 11 is 6.35. The summed E-state index contributed by atoms with van der Waals surface area (Å²) in [6, 6.07) is 10.9. The number of ether oxygens (including phenoxy) is 2. The van der Waals surface area contributed by atoms with Crippen molar-refractivity contribution in [2.45, 2.75) is 25.3 Å². The van der Waals surface area contributed by atoms with Gasteiger partial charge in [0.2, 0.25) is 0 Å². The molecule has 0 unspecified atom stereocenters. The number of hydrogen-bond donors (Lipinski definition) is 0. The van der Waals surface area contributed by atoms with Crippen LogP contribution in [0.1, 0.15) is 30.9 Å². The Labute approximate surface area is 156 Å². The standard InChI is InChI=1S/C19H19ClN2O4/c20-15-12-14(22(23)24)5-6-17(15)21-8-1-3-16(21)13-4-7-18-19(11-13)26-10-2-9-25-18/h4-7,11-12,16H,1-3,8-10H2/t16-/m1/s1. The summed E-state index contributed by atoms with van der Waals surface area (Å²) < 4.78 is 11.5. The number of fused-ring (bicyclic) bond motifs is 1. The van der Waals surface area contributed by atoms with Crippen molar-refractivity contribution in [3.8, 4) is 11.5 Å². The van der Waals surface area contributed by atoms with Crippen molar-refractivity contribution in [3.63, 3.8) is 0 Å². The number of anilines is 1. The van der Waals surface area contributed by atoms with E-state index in [1.54, 1.807) is 6.07 Å². The quantitative estimate of drug-likeness (QED) is 0.573. The van der Waals surface area contributed by atoms with Gasteiger partial charge in [-0.25, -0.2) is 0 Å². The van der Waals surface area contributed by atoms with E-state index >= 15 is 0 Å². The molecule has 0 bridgehead atoms. The van der Waals surface area contributed by atoms with E-state index in [-0.39, 0.29) is 11.7 Å². The van der Waals surface area contributed by atoms with Crippen LogP contribution in [0.2, 0.25) is 5.02 Å². The second-order valence-electron chi connectivity index (χ2n) is 6.50. The zero-order valence-corrected chi connectivity index (χ0v) is 14.9. The molecule has 2 aliphatic heterocycles. The molecule has 1 fully saturated rings. The molecule has 2 aliphatic rings. The van der Waals surface area contributed by atoms with Crippen molar-refractivity contribution in [1.82, 2.24) is 0 Å². The largest absolute Gasteiger partial charge is 0.490 e. The highest BCUT2D eigenvalue weighted by atomic mass is 35.5. The highest BCUT2D eigenvalue weighted by Crippen LogP contribution is 2.42. The van der Waals surface area contributed by atoms with Crippen LogP contribution < -0.4 is 14.4 Å². The monoisotopic (exact) mass is 374 g/mol. The second kappa shape index (κ2) is 7.03. The molecule has 0 aliphatic carbocycles. The summed E-state index contributed by atoms with van der Waals surface area (Å²) in [4.78, 5) is 12.7. The summed E-state index contributed by atoms with van der Waals surface area (Å²) in [5.41, 5.74) is 1.97. The Morgan fingerprint density at radius 2 is 1.88 bits per heavy atom. The van der Waals surface area contributed by atoms with Gasteiger partial charge in [0.25, 0.3) is 5.69 Å². The first-order chi connectivity index (χ1) is 12.6. The van der Waals surface area contributed by atoms with E-state index in [2.05, 4.69) is 11.0 Å². The highest BCUT2D eigenvalue weighted by Gasteiger charge is 2.29. The van der Waals surface area contributed by atoms with Gasteiger partial charge in [-0.05, 0) is 36.6 Å². The van der Waals surface area contributed by atoms with Gasteiger partial charge >= 0.3 is 0 Å². The van der Waals surface area contributed by atoms with E-state index < -0.39 is 4.92 Å². The van der Waals surface area contributed by atoms with E-state index in [0.29, 0.717) is 18.2 Å². The molecular formula is C19H19ClN2O4. The normalized spacial score (nSPS) is 19.3. The van der Waals surface area contributed by atoms with E-state index in [4.69, 9.17) is 21.1 Å². The molecule has 1 atom stereocenters. The van der Waals surface area contributed by atoms with Crippen molar-refractivity contribution < 1.29 is 14.4 Å². The lowest BCUT2D eigenvalue weighted by Gasteiger charge is -2.28. The smallest absolute Gasteiger partial charge is 0.271 e. The minimum atomic E-state index is -0.430. The van der Waals surface area contributed by atoms with Gasteiger partial charge < -0.3 is 14.4 Å². The maximum Gasteiger partial charge on any atom is 0.271 e. The number of non-ortho nitro benzene ring substituents is 1. The number of nitrogens with zero attached hydrogens (tertiary/aromatic N) is 2. The lowest BCUT2D eigenvalue weighted by atomic mass is 10.0. The molecule has 6 nitrogen and oxygen atoms in total. The SMILES string of the molecule is O=[N+]([O-])c1ccc(N2CCC[C@@H]2c2ccc3c(c2)OCCCO3)c(Cl)c1. The highest BCUT2D eigenvalue weighted by molar-refractivity contribution is 6.33. The number of nitro benzene ring substituents is 1. The van der Waals surface area contributed by atoms with Gasteiger partial charge in [-0.15, -0.1) is 0 Å². The molecule has 4 rings (SSSR count). The van der Waals surface area contributed by atoms with Gasteiger partial charge in [0, 0.05) is 25.1 Å². The molecule has 2 heterocycles. The molecule has 0 radical (unpaired) electrons. The first-order valence-electron chi connectivity index (χ1n) is 8.73. The first kappa shape index (κ1) is 17.0. The lowest BCUT2D eigenvalue weighted by Crippen LogP contribution is -2.22. The van der Waals surface area contributed by atoms with Crippen molar-refractivity contribution >= 4 is 23.0 Å². The Kier molecular flexibility index (Phi) is 4.59. The Morgan fingerprint density at radius 3 is 2.65 bits per heavy atom. The molecule has 136 valence electrons. The number of benzene rings is 2. The third-order valence-corrected chi connectivity index (χ3v) is 5.16. The lowest BCUT2D eigenvalue weighted by molar-refractivity contribution is -0.384. The molecule has 2 aromatic rings. The van der Waals surface area contributed by atoms with Crippen LogP contribution in [-0.2, 0) is 0 Å². The molecule has 1 saturated heterocycles. The maximum atomic E-state index is 10.9. The average molecular weight is 375 g/mol. The number of rotatable bonds is 3. The van der Waals surface area contributed by atoms with Crippen molar-refractivity contribution in [2.75, 3.05) is 24.7 Å². The number of hydrogen-bond acceptors (Lipinski definition) is 5. The number of nitro groups is 1. The molecular weight excluding hydrogens is 356 g/mol. The van der Waals surface area contributed by atoms with E-state index in [1.807, 2.05) is 12.1 Å². The molecule has 0 amide bonds. The van der Waals surface area contributed by atoms with Crippen molar-refractivity contribution in [2.24, 2.45) is 0 Å². The van der Waals surface area contributed by atoms with Gasteiger partial charge in [-0.2, -0.15) is 0 Å². The molecule has 0 N–H and O–H groups in total.